The summed E-state index contributed by atoms with van der Waals surface area (Å²) in [6.07, 6.45) is 49.7. The lowest BCUT2D eigenvalue weighted by Gasteiger charge is -2.21. The summed E-state index contributed by atoms with van der Waals surface area (Å²) in [4.78, 5) is 72.5. The van der Waals surface area contributed by atoms with Gasteiger partial charge in [-0.3, -0.25) is 37.3 Å². The van der Waals surface area contributed by atoms with Crippen molar-refractivity contribution >= 4 is 39.5 Å². The van der Waals surface area contributed by atoms with Crippen LogP contribution in [0.2, 0.25) is 0 Å². The van der Waals surface area contributed by atoms with Crippen LogP contribution in [0.5, 0.6) is 0 Å². The average molecular weight is 1340 g/mol. The number of hydrogen-bond acceptors (Lipinski definition) is 15. The maximum absolute atomic E-state index is 13.0. The zero-order valence-corrected chi connectivity index (χ0v) is 60.6. The van der Waals surface area contributed by atoms with Crippen LogP contribution in [0.3, 0.4) is 0 Å². The number of unbranched alkanes of at least 4 members (excludes halogenated alkanes) is 32. The third kappa shape index (κ3) is 64.6. The van der Waals surface area contributed by atoms with E-state index >= 15 is 0 Å². The van der Waals surface area contributed by atoms with Crippen molar-refractivity contribution in [3.05, 3.63) is 24.3 Å². The van der Waals surface area contributed by atoms with Crippen LogP contribution >= 0.6 is 15.6 Å². The lowest BCUT2D eigenvalue weighted by Crippen LogP contribution is -2.30. The molecule has 0 spiro atoms. The molecule has 0 amide bonds. The van der Waals surface area contributed by atoms with E-state index < -0.39 is 97.5 Å². The Kier molecular flexibility index (Phi) is 60.7. The van der Waals surface area contributed by atoms with E-state index in [1.807, 2.05) is 0 Å². The molecule has 0 aliphatic carbocycles. The van der Waals surface area contributed by atoms with E-state index in [4.69, 9.17) is 37.0 Å². The second-order valence-electron chi connectivity index (χ2n) is 26.5. The summed E-state index contributed by atoms with van der Waals surface area (Å²) < 4.78 is 68.2. The van der Waals surface area contributed by atoms with Crippen molar-refractivity contribution in [2.45, 2.75) is 356 Å². The van der Waals surface area contributed by atoms with Gasteiger partial charge in [0.05, 0.1) is 26.4 Å². The first-order chi connectivity index (χ1) is 43.8. The van der Waals surface area contributed by atoms with Crippen molar-refractivity contribution in [3.63, 3.8) is 0 Å². The quantitative estimate of drug-likeness (QED) is 0.0169. The number of aliphatic hydroxyl groups excluding tert-OH is 1. The monoisotopic (exact) mass is 1330 g/mol. The molecule has 0 heterocycles. The number of phosphoric ester groups is 2. The Morgan fingerprint density at radius 2 is 0.648 bits per heavy atom. The Morgan fingerprint density at radius 1 is 0.363 bits per heavy atom. The van der Waals surface area contributed by atoms with Crippen molar-refractivity contribution in [1.29, 1.82) is 0 Å². The molecular formula is C72H136O17P2. The topological polar surface area (TPSA) is 237 Å². The highest BCUT2D eigenvalue weighted by atomic mass is 31.2. The van der Waals surface area contributed by atoms with E-state index in [9.17, 15) is 43.2 Å². The van der Waals surface area contributed by atoms with Crippen molar-refractivity contribution in [3.8, 4) is 0 Å². The molecule has 17 nitrogen and oxygen atoms in total. The fraction of sp³-hybridized carbons (Fsp3) is 0.889. The van der Waals surface area contributed by atoms with Gasteiger partial charge in [0.2, 0.25) is 0 Å². The SMILES string of the molecule is CCCCCC/C=C\C=C/CCCCCCCC(=O)O[C@H](COC(=O)CCCCCCCCCCCCCCCCC(C)C)COP(=O)(O)OC[C@@H](O)COP(=O)(O)OC[C@@H](COC(=O)CCCCCCCCC(C)CC)OC(=O)CCCCCCCCC(C)C. The molecule has 0 saturated heterocycles. The van der Waals surface area contributed by atoms with Crippen LogP contribution in [-0.2, 0) is 65.4 Å². The number of ether oxygens (including phenoxy) is 4. The minimum absolute atomic E-state index is 0.0846. The van der Waals surface area contributed by atoms with Crippen molar-refractivity contribution < 1.29 is 80.2 Å². The van der Waals surface area contributed by atoms with E-state index in [0.717, 1.165) is 121 Å². The second-order valence-corrected chi connectivity index (χ2v) is 29.4. The fourth-order valence-corrected chi connectivity index (χ4v) is 11.9. The molecular weight excluding hydrogens is 1200 g/mol. The molecule has 19 heteroatoms. The number of hydrogen-bond donors (Lipinski definition) is 3. The van der Waals surface area contributed by atoms with Crippen LogP contribution in [0.25, 0.3) is 0 Å². The highest BCUT2D eigenvalue weighted by Gasteiger charge is 2.30. The van der Waals surface area contributed by atoms with Crippen LogP contribution in [0.4, 0.5) is 0 Å². The number of esters is 4. The number of aliphatic hydroxyl groups is 1. The largest absolute Gasteiger partial charge is 0.472 e. The van der Waals surface area contributed by atoms with Crippen LogP contribution in [0.15, 0.2) is 24.3 Å². The molecule has 0 aliphatic heterocycles. The lowest BCUT2D eigenvalue weighted by molar-refractivity contribution is -0.161. The lowest BCUT2D eigenvalue weighted by atomic mass is 10.00. The summed E-state index contributed by atoms with van der Waals surface area (Å²) in [5, 5.41) is 10.6. The summed E-state index contributed by atoms with van der Waals surface area (Å²) in [6.45, 7) is 11.7. The van der Waals surface area contributed by atoms with Gasteiger partial charge < -0.3 is 33.8 Å². The molecule has 0 saturated carbocycles. The zero-order chi connectivity index (χ0) is 67.3. The highest BCUT2D eigenvalue weighted by Crippen LogP contribution is 2.45. The molecule has 0 bridgehead atoms. The molecule has 0 aromatic rings. The van der Waals surface area contributed by atoms with Gasteiger partial charge in [-0.1, -0.05) is 285 Å². The van der Waals surface area contributed by atoms with Crippen LogP contribution in [0.1, 0.15) is 337 Å². The predicted molar refractivity (Wildman–Crippen MR) is 367 cm³/mol. The smallest absolute Gasteiger partial charge is 0.462 e. The van der Waals surface area contributed by atoms with Gasteiger partial charge in [0.25, 0.3) is 0 Å². The van der Waals surface area contributed by atoms with Gasteiger partial charge in [0, 0.05) is 25.7 Å². The van der Waals surface area contributed by atoms with Gasteiger partial charge in [-0.25, -0.2) is 9.13 Å². The number of phosphoric acid groups is 2. The molecule has 3 N–H and O–H groups in total. The summed E-state index contributed by atoms with van der Waals surface area (Å²) in [5.41, 5.74) is 0. The maximum Gasteiger partial charge on any atom is 0.472 e. The minimum atomic E-state index is -4.96. The standard InChI is InChI=1S/C72H136O17P2/c1-8-10-11-12-13-14-15-16-17-22-25-28-31-41-48-55-71(76)88-67(59-82-69(74)53-46-39-30-27-24-21-19-18-20-23-26-29-36-43-50-63(3)4)61-86-90(78,79)84-57-66(73)58-85-91(80,81)87-62-68(89-72(77)56-49-42-34-32-37-44-51-64(5)6)60-83-70(75)54-47-40-35-33-38-45-52-65(7)9-2/h14-17,63-68,73H,8-13,18-62H2,1-7H3,(H,78,79)(H,80,81)/b15-14-,17-16-/t65?,66-,67-,68-/m1/s1. The summed E-state index contributed by atoms with van der Waals surface area (Å²) in [7, 11) is -9.92. The normalized spacial score (nSPS) is 14.6. The number of carbonyl (C=O) groups is 4. The van der Waals surface area contributed by atoms with Crippen LogP contribution in [-0.4, -0.2) is 96.7 Å². The van der Waals surface area contributed by atoms with Gasteiger partial charge in [-0.15, -0.1) is 0 Å². The summed E-state index contributed by atoms with van der Waals surface area (Å²) >= 11 is 0. The van der Waals surface area contributed by atoms with Crippen molar-refractivity contribution in [1.82, 2.24) is 0 Å². The Balaban J connectivity index is 5.26. The molecule has 0 aliphatic rings. The maximum atomic E-state index is 13.0. The van der Waals surface area contributed by atoms with E-state index in [1.165, 1.54) is 128 Å². The third-order valence-electron chi connectivity index (χ3n) is 16.4. The first kappa shape index (κ1) is 88.5. The molecule has 6 atom stereocenters. The molecule has 91 heavy (non-hydrogen) atoms. The van der Waals surface area contributed by atoms with Crippen LogP contribution in [0, 0.1) is 17.8 Å². The number of allylic oxidation sites excluding steroid dienone is 4. The third-order valence-corrected chi connectivity index (χ3v) is 18.3. The van der Waals surface area contributed by atoms with Crippen molar-refractivity contribution in [2.24, 2.45) is 17.8 Å². The van der Waals surface area contributed by atoms with Crippen molar-refractivity contribution in [2.75, 3.05) is 39.6 Å². The van der Waals surface area contributed by atoms with Gasteiger partial charge >= 0.3 is 39.5 Å². The Hall–Kier alpha value is -2.46. The first-order valence-electron chi connectivity index (χ1n) is 36.7. The molecule has 0 fully saturated rings. The molecule has 0 radical (unpaired) electrons. The summed E-state index contributed by atoms with van der Waals surface area (Å²) in [5.74, 6) is 0.0338. The first-order valence-corrected chi connectivity index (χ1v) is 39.7. The Bertz CT molecular complexity index is 1880. The summed E-state index contributed by atoms with van der Waals surface area (Å²) in [6, 6.07) is 0. The van der Waals surface area contributed by atoms with Gasteiger partial charge in [-0.05, 0) is 69.1 Å². The van der Waals surface area contributed by atoms with E-state index in [0.29, 0.717) is 31.6 Å². The van der Waals surface area contributed by atoms with Gasteiger partial charge in [0.15, 0.2) is 12.2 Å². The minimum Gasteiger partial charge on any atom is -0.462 e. The average Bonchev–Trinajstić information content (AvgIpc) is 2.95. The number of carbonyl (C=O) groups excluding carboxylic acids is 4. The van der Waals surface area contributed by atoms with E-state index in [1.54, 1.807) is 0 Å². The van der Waals surface area contributed by atoms with E-state index in [-0.39, 0.29) is 25.7 Å². The van der Waals surface area contributed by atoms with E-state index in [2.05, 4.69) is 72.8 Å². The second kappa shape index (κ2) is 62.4. The highest BCUT2D eigenvalue weighted by molar-refractivity contribution is 7.47. The Morgan fingerprint density at radius 3 is 0.978 bits per heavy atom. The molecule has 0 aromatic heterocycles. The van der Waals surface area contributed by atoms with Gasteiger partial charge in [-0.2, -0.15) is 0 Å². The van der Waals surface area contributed by atoms with Crippen LogP contribution < -0.4 is 0 Å². The molecule has 3 unspecified atom stereocenters. The molecule has 0 aromatic carbocycles. The molecule has 0 rings (SSSR count). The predicted octanol–water partition coefficient (Wildman–Crippen LogP) is 20.2. The fourth-order valence-electron chi connectivity index (χ4n) is 10.3. The zero-order valence-electron chi connectivity index (χ0n) is 58.8. The van der Waals surface area contributed by atoms with Gasteiger partial charge in [0.1, 0.15) is 19.3 Å². The Labute approximate surface area is 554 Å². The molecule has 536 valence electrons. The number of rotatable bonds is 68.